The molecular formula is C21H28N4S. The minimum atomic E-state index is -0.186. The van der Waals surface area contributed by atoms with Crippen LogP contribution < -0.4 is 4.90 Å². The normalized spacial score (nSPS) is 25.1. The van der Waals surface area contributed by atoms with E-state index in [1.165, 1.54) is 12.8 Å². The summed E-state index contributed by atoms with van der Waals surface area (Å²) in [4.78, 5) is 10.7. The van der Waals surface area contributed by atoms with Gasteiger partial charge in [-0.25, -0.2) is 0 Å². The summed E-state index contributed by atoms with van der Waals surface area (Å²) in [6.45, 7) is 13.1. The number of likely N-dealkylation sites (tertiary alicyclic amines) is 1. The van der Waals surface area contributed by atoms with E-state index in [1.807, 2.05) is 24.3 Å². The van der Waals surface area contributed by atoms with Gasteiger partial charge in [0.25, 0.3) is 0 Å². The number of amidine groups is 1. The molecule has 1 atom stereocenters. The molecule has 0 aromatic heterocycles. The molecule has 2 fully saturated rings. The SMILES string of the molecule is CC(C)(C)N=C1[C@@H](N2CCCC2)C(C)(C)C(=S)N1c1ccc(C#N)cc1. The van der Waals surface area contributed by atoms with E-state index in [9.17, 15) is 0 Å². The molecule has 1 aromatic carbocycles. The first-order valence-electron chi connectivity index (χ1n) is 9.34. The molecule has 26 heavy (non-hydrogen) atoms. The molecule has 2 aliphatic heterocycles. The van der Waals surface area contributed by atoms with Crippen LogP contribution in [0.2, 0.25) is 0 Å². The first kappa shape index (κ1) is 19.0. The predicted molar refractivity (Wildman–Crippen MR) is 112 cm³/mol. The van der Waals surface area contributed by atoms with E-state index in [0.29, 0.717) is 5.56 Å². The first-order chi connectivity index (χ1) is 12.1. The van der Waals surface area contributed by atoms with Crippen LogP contribution in [0.5, 0.6) is 0 Å². The Morgan fingerprint density at radius 3 is 2.23 bits per heavy atom. The largest absolute Gasteiger partial charge is 0.293 e. The van der Waals surface area contributed by atoms with Crippen molar-refractivity contribution in [3.63, 3.8) is 0 Å². The third-order valence-electron chi connectivity index (χ3n) is 5.12. The van der Waals surface area contributed by atoms with Crippen molar-refractivity contribution in [1.82, 2.24) is 4.90 Å². The van der Waals surface area contributed by atoms with Gasteiger partial charge in [0.05, 0.1) is 28.2 Å². The number of nitrogens with zero attached hydrogens (tertiary/aromatic N) is 4. The Balaban J connectivity index is 2.12. The summed E-state index contributed by atoms with van der Waals surface area (Å²) in [7, 11) is 0. The Labute approximate surface area is 162 Å². The van der Waals surface area contributed by atoms with Gasteiger partial charge in [-0.05, 0) is 71.0 Å². The predicted octanol–water partition coefficient (Wildman–Crippen LogP) is 4.39. The molecule has 3 rings (SSSR count). The van der Waals surface area contributed by atoms with Crippen molar-refractivity contribution in [1.29, 1.82) is 5.26 Å². The highest BCUT2D eigenvalue weighted by Crippen LogP contribution is 2.42. The molecular weight excluding hydrogens is 340 g/mol. The Kier molecular flexibility index (Phi) is 4.94. The Morgan fingerprint density at radius 2 is 1.73 bits per heavy atom. The molecule has 0 saturated carbocycles. The van der Waals surface area contributed by atoms with Crippen molar-refractivity contribution in [2.75, 3.05) is 18.0 Å². The van der Waals surface area contributed by atoms with Crippen molar-refractivity contribution in [3.05, 3.63) is 29.8 Å². The maximum Gasteiger partial charge on any atom is 0.127 e. The van der Waals surface area contributed by atoms with Gasteiger partial charge in [-0.1, -0.05) is 26.1 Å². The van der Waals surface area contributed by atoms with Crippen molar-refractivity contribution in [3.8, 4) is 6.07 Å². The molecule has 0 aliphatic carbocycles. The average molecular weight is 369 g/mol. The average Bonchev–Trinajstić information content (AvgIpc) is 3.13. The molecule has 0 N–H and O–H groups in total. The van der Waals surface area contributed by atoms with Crippen LogP contribution in [0.1, 0.15) is 53.0 Å². The van der Waals surface area contributed by atoms with Gasteiger partial charge in [0.2, 0.25) is 0 Å². The minimum absolute atomic E-state index is 0.169. The topological polar surface area (TPSA) is 42.6 Å². The first-order valence-corrected chi connectivity index (χ1v) is 9.74. The highest BCUT2D eigenvalue weighted by atomic mass is 32.1. The lowest BCUT2D eigenvalue weighted by Gasteiger charge is -2.33. The number of benzene rings is 1. The number of hydrogen-bond donors (Lipinski definition) is 0. The molecule has 0 unspecified atom stereocenters. The van der Waals surface area contributed by atoms with Gasteiger partial charge >= 0.3 is 0 Å². The zero-order valence-corrected chi connectivity index (χ0v) is 17.2. The number of anilines is 1. The lowest BCUT2D eigenvalue weighted by molar-refractivity contribution is 0.223. The Bertz CT molecular complexity index is 759. The number of hydrogen-bond acceptors (Lipinski definition) is 4. The van der Waals surface area contributed by atoms with Crippen LogP contribution in [0.4, 0.5) is 5.69 Å². The van der Waals surface area contributed by atoms with Crippen LogP contribution in [0.3, 0.4) is 0 Å². The van der Waals surface area contributed by atoms with Crippen LogP contribution >= 0.6 is 12.2 Å². The number of nitriles is 1. The molecule has 2 heterocycles. The summed E-state index contributed by atoms with van der Waals surface area (Å²) in [5, 5.41) is 9.10. The molecule has 0 bridgehead atoms. The van der Waals surface area contributed by atoms with E-state index in [1.54, 1.807) is 0 Å². The molecule has 2 aliphatic rings. The van der Waals surface area contributed by atoms with Crippen LogP contribution in [0, 0.1) is 16.7 Å². The van der Waals surface area contributed by atoms with Crippen molar-refractivity contribution in [2.24, 2.45) is 10.4 Å². The zero-order valence-electron chi connectivity index (χ0n) is 16.4. The van der Waals surface area contributed by atoms with Crippen LogP contribution in [0.15, 0.2) is 29.3 Å². The molecule has 5 heteroatoms. The minimum Gasteiger partial charge on any atom is -0.293 e. The fourth-order valence-corrected chi connectivity index (χ4v) is 4.27. The van der Waals surface area contributed by atoms with Gasteiger partial charge in [0, 0.05) is 11.1 Å². The molecule has 0 amide bonds. The Morgan fingerprint density at radius 1 is 1.15 bits per heavy atom. The summed E-state index contributed by atoms with van der Waals surface area (Å²) in [6.07, 6.45) is 2.47. The molecule has 138 valence electrons. The molecule has 1 aromatic rings. The fourth-order valence-electron chi connectivity index (χ4n) is 3.96. The standard InChI is InChI=1S/C21H28N4S/c1-20(2,3)23-18-17(24-12-6-7-13-24)21(4,5)19(26)25(18)16-10-8-15(14-22)9-11-16/h8-11,17H,6-7,12-13H2,1-5H3/t17-/m1/s1. The maximum absolute atomic E-state index is 9.10. The fraction of sp³-hybridized carbons (Fsp3) is 0.571. The van der Waals surface area contributed by atoms with Gasteiger partial charge in [-0.3, -0.25) is 14.8 Å². The summed E-state index contributed by atoms with van der Waals surface area (Å²) in [6, 6.07) is 10.0. The molecule has 4 nitrogen and oxygen atoms in total. The summed E-state index contributed by atoms with van der Waals surface area (Å²) in [5.74, 6) is 1.04. The van der Waals surface area contributed by atoms with Crippen LogP contribution in [-0.2, 0) is 0 Å². The molecule has 0 radical (unpaired) electrons. The molecule has 2 saturated heterocycles. The smallest absolute Gasteiger partial charge is 0.127 e. The van der Waals surface area contributed by atoms with Crippen LogP contribution in [0.25, 0.3) is 0 Å². The van der Waals surface area contributed by atoms with Gasteiger partial charge in [-0.15, -0.1) is 0 Å². The van der Waals surface area contributed by atoms with Crippen molar-refractivity contribution < 1.29 is 0 Å². The van der Waals surface area contributed by atoms with Crippen molar-refractivity contribution in [2.45, 2.75) is 59.0 Å². The monoisotopic (exact) mass is 368 g/mol. The molecule has 0 spiro atoms. The van der Waals surface area contributed by atoms with Gasteiger partial charge in [-0.2, -0.15) is 5.26 Å². The van der Waals surface area contributed by atoms with Gasteiger partial charge in [0.15, 0.2) is 0 Å². The second-order valence-corrected chi connectivity index (χ2v) is 9.19. The van der Waals surface area contributed by atoms with E-state index in [-0.39, 0.29) is 17.0 Å². The van der Waals surface area contributed by atoms with E-state index in [2.05, 4.69) is 50.5 Å². The highest BCUT2D eigenvalue weighted by Gasteiger charge is 2.52. The lowest BCUT2D eigenvalue weighted by Crippen LogP contribution is -2.47. The number of thiocarbonyl (C=S) groups is 1. The zero-order chi connectivity index (χ0) is 19.1. The van der Waals surface area contributed by atoms with E-state index >= 15 is 0 Å². The summed E-state index contributed by atoms with van der Waals surface area (Å²) < 4.78 is 0. The van der Waals surface area contributed by atoms with E-state index < -0.39 is 0 Å². The highest BCUT2D eigenvalue weighted by molar-refractivity contribution is 7.80. The van der Waals surface area contributed by atoms with Gasteiger partial charge < -0.3 is 0 Å². The second kappa shape index (κ2) is 6.75. The summed E-state index contributed by atoms with van der Waals surface area (Å²) >= 11 is 5.95. The number of rotatable bonds is 2. The van der Waals surface area contributed by atoms with E-state index in [4.69, 9.17) is 22.5 Å². The van der Waals surface area contributed by atoms with Crippen molar-refractivity contribution >= 4 is 28.7 Å². The third kappa shape index (κ3) is 3.41. The van der Waals surface area contributed by atoms with Gasteiger partial charge in [0.1, 0.15) is 5.84 Å². The van der Waals surface area contributed by atoms with E-state index in [0.717, 1.165) is 29.6 Å². The summed E-state index contributed by atoms with van der Waals surface area (Å²) in [5.41, 5.74) is 1.29. The maximum atomic E-state index is 9.10. The quantitative estimate of drug-likeness (QED) is 0.726. The second-order valence-electron chi connectivity index (χ2n) is 8.81. The van der Waals surface area contributed by atoms with Crippen LogP contribution in [-0.4, -0.2) is 40.4 Å². The lowest BCUT2D eigenvalue weighted by atomic mass is 9.86. The number of aliphatic imine (C=N–C) groups is 1. The third-order valence-corrected chi connectivity index (χ3v) is 5.83. The Hall–Kier alpha value is -1.77.